The van der Waals surface area contributed by atoms with Crippen molar-refractivity contribution in [1.82, 2.24) is 10.2 Å². The summed E-state index contributed by atoms with van der Waals surface area (Å²) < 4.78 is 0. The molecule has 0 spiro atoms. The predicted octanol–water partition coefficient (Wildman–Crippen LogP) is 2.23. The number of benzene rings is 1. The monoisotopic (exact) mass is 350 g/mol. The zero-order valence-corrected chi connectivity index (χ0v) is 13.9. The molecule has 4 heterocycles. The molecule has 2 aromatic rings. The summed E-state index contributed by atoms with van der Waals surface area (Å²) in [5.74, 6) is -1.90. The van der Waals surface area contributed by atoms with Crippen LogP contribution in [0.15, 0.2) is 48.0 Å². The van der Waals surface area contributed by atoms with Gasteiger partial charge >= 0.3 is 0 Å². The van der Waals surface area contributed by atoms with E-state index in [4.69, 9.17) is 0 Å². The third-order valence-corrected chi connectivity index (χ3v) is 6.22. The van der Waals surface area contributed by atoms with Gasteiger partial charge in [0.15, 0.2) is 5.78 Å². The molecule has 0 bridgehead atoms. The molecule has 2 amide bonds. The molecule has 0 saturated carbocycles. The highest BCUT2D eigenvalue weighted by atomic mass is 32.1. The summed E-state index contributed by atoms with van der Waals surface area (Å²) >= 11 is 1.36. The van der Waals surface area contributed by atoms with Gasteiger partial charge in [0.25, 0.3) is 0 Å². The van der Waals surface area contributed by atoms with Crippen LogP contribution in [0.2, 0.25) is 0 Å². The second kappa shape index (κ2) is 5.13. The van der Waals surface area contributed by atoms with Gasteiger partial charge < -0.3 is 4.90 Å². The van der Waals surface area contributed by atoms with Crippen LogP contribution >= 0.6 is 11.3 Å². The van der Waals surface area contributed by atoms with Crippen LogP contribution in [0.3, 0.4) is 0 Å². The fourth-order valence-electron chi connectivity index (χ4n) is 4.34. The van der Waals surface area contributed by atoms with Gasteiger partial charge in [-0.1, -0.05) is 30.3 Å². The van der Waals surface area contributed by atoms with Crippen molar-refractivity contribution in [2.24, 2.45) is 11.8 Å². The number of hydrogen-bond acceptors (Lipinski definition) is 5. The number of fused-ring (bicyclic) bond motifs is 5. The lowest BCUT2D eigenvalue weighted by Gasteiger charge is -2.34. The third-order valence-electron chi connectivity index (χ3n) is 5.34. The number of rotatable bonds is 2. The Morgan fingerprint density at radius 3 is 2.64 bits per heavy atom. The smallest absolute Gasteiger partial charge is 0.233 e. The fourth-order valence-corrected chi connectivity index (χ4v) is 5.04. The number of carbonyl (C=O) groups is 3. The second-order valence-corrected chi connectivity index (χ2v) is 7.48. The van der Waals surface area contributed by atoms with Gasteiger partial charge in [-0.2, -0.15) is 0 Å². The molecule has 0 radical (unpaired) electrons. The molecule has 1 aromatic heterocycles. The minimum atomic E-state index is -0.650. The maximum atomic E-state index is 13.1. The van der Waals surface area contributed by atoms with E-state index in [0.29, 0.717) is 4.88 Å². The van der Waals surface area contributed by atoms with Crippen LogP contribution < -0.4 is 5.32 Å². The Labute approximate surface area is 148 Å². The zero-order valence-electron chi connectivity index (χ0n) is 13.1. The van der Waals surface area contributed by atoms with Gasteiger partial charge in [0.1, 0.15) is 6.04 Å². The van der Waals surface area contributed by atoms with Crippen molar-refractivity contribution < 1.29 is 14.4 Å². The van der Waals surface area contributed by atoms with E-state index in [2.05, 4.69) is 5.32 Å². The molecule has 5 rings (SSSR count). The van der Waals surface area contributed by atoms with Crippen molar-refractivity contribution in [2.75, 3.05) is 0 Å². The number of nitrogens with zero attached hydrogens (tertiary/aromatic N) is 1. The summed E-state index contributed by atoms with van der Waals surface area (Å²) in [7, 11) is 0. The van der Waals surface area contributed by atoms with E-state index in [0.717, 1.165) is 11.1 Å². The molecule has 2 saturated heterocycles. The van der Waals surface area contributed by atoms with Gasteiger partial charge in [-0.3, -0.25) is 19.7 Å². The van der Waals surface area contributed by atoms with Gasteiger partial charge in [-0.25, -0.2) is 0 Å². The summed E-state index contributed by atoms with van der Waals surface area (Å²) in [4.78, 5) is 40.6. The molecule has 5 nitrogen and oxygen atoms in total. The Bertz CT molecular complexity index is 934. The lowest BCUT2D eigenvalue weighted by molar-refractivity contribution is -0.127. The van der Waals surface area contributed by atoms with Crippen molar-refractivity contribution in [1.29, 1.82) is 0 Å². The average Bonchev–Trinajstić information content (AvgIpc) is 3.32. The number of carbonyl (C=O) groups excluding carboxylic acids is 3. The van der Waals surface area contributed by atoms with Crippen LogP contribution in [-0.2, 0) is 9.59 Å². The molecule has 4 atom stereocenters. The largest absolute Gasteiger partial charge is 0.358 e. The van der Waals surface area contributed by atoms with E-state index in [1.165, 1.54) is 11.3 Å². The molecule has 1 N–H and O–H groups in total. The first kappa shape index (κ1) is 14.6. The second-order valence-electron chi connectivity index (χ2n) is 6.53. The minimum Gasteiger partial charge on any atom is -0.358 e. The number of ketones is 1. The minimum absolute atomic E-state index is 0.0959. The van der Waals surface area contributed by atoms with Crippen molar-refractivity contribution in [3.63, 3.8) is 0 Å². The molecule has 0 aliphatic carbocycles. The average molecular weight is 350 g/mol. The van der Waals surface area contributed by atoms with E-state index < -0.39 is 17.9 Å². The molecule has 124 valence electrons. The summed E-state index contributed by atoms with van der Waals surface area (Å²) in [6.45, 7) is 0. The SMILES string of the molecule is O=C1NC(=O)[C@@H]2[C@@H]1[C@H]1c3ccccc3C=CN1[C@H]2C(=O)c1cccs1. The highest BCUT2D eigenvalue weighted by Gasteiger charge is 2.61. The van der Waals surface area contributed by atoms with Crippen LogP contribution in [0.1, 0.15) is 26.8 Å². The molecule has 6 heteroatoms. The third kappa shape index (κ3) is 1.91. The van der Waals surface area contributed by atoms with Crippen LogP contribution in [0.25, 0.3) is 6.08 Å². The van der Waals surface area contributed by atoms with Crippen molar-refractivity contribution in [2.45, 2.75) is 12.1 Å². The Morgan fingerprint density at radius 1 is 1.04 bits per heavy atom. The Hall–Kier alpha value is -2.73. The fraction of sp³-hybridized carbons (Fsp3) is 0.211. The van der Waals surface area contributed by atoms with Gasteiger partial charge in [0.2, 0.25) is 11.8 Å². The van der Waals surface area contributed by atoms with Gasteiger partial charge in [0, 0.05) is 6.20 Å². The quantitative estimate of drug-likeness (QED) is 0.666. The summed E-state index contributed by atoms with van der Waals surface area (Å²) in [6, 6.07) is 10.5. The first-order chi connectivity index (χ1) is 12.2. The molecule has 3 aliphatic rings. The Balaban J connectivity index is 1.67. The van der Waals surface area contributed by atoms with Crippen molar-refractivity contribution >= 4 is 35.0 Å². The van der Waals surface area contributed by atoms with E-state index in [1.807, 2.05) is 52.9 Å². The molecular formula is C19H14N2O3S. The topological polar surface area (TPSA) is 66.5 Å². The Kier molecular flexibility index (Phi) is 3.00. The number of nitrogens with one attached hydrogen (secondary N) is 1. The maximum Gasteiger partial charge on any atom is 0.233 e. The molecule has 0 unspecified atom stereocenters. The predicted molar refractivity (Wildman–Crippen MR) is 92.6 cm³/mol. The zero-order chi connectivity index (χ0) is 17.1. The van der Waals surface area contributed by atoms with Crippen LogP contribution in [0.4, 0.5) is 0 Å². The van der Waals surface area contributed by atoms with Crippen molar-refractivity contribution in [3.05, 3.63) is 64.0 Å². The normalized spacial score (nSPS) is 29.2. The van der Waals surface area contributed by atoms with Crippen molar-refractivity contribution in [3.8, 4) is 0 Å². The van der Waals surface area contributed by atoms with Crippen LogP contribution in [-0.4, -0.2) is 28.5 Å². The number of imide groups is 1. The molecule has 2 fully saturated rings. The molecule has 1 aromatic carbocycles. The van der Waals surface area contributed by atoms with Crippen LogP contribution in [0, 0.1) is 11.8 Å². The van der Waals surface area contributed by atoms with Crippen LogP contribution in [0.5, 0.6) is 0 Å². The van der Waals surface area contributed by atoms with Gasteiger partial charge in [-0.15, -0.1) is 11.3 Å². The lowest BCUT2D eigenvalue weighted by Crippen LogP contribution is -2.42. The standard InChI is InChI=1S/C19H14N2O3S/c22-17(12-6-3-9-25-12)16-14-13(18(23)20-19(14)24)15-11-5-2-1-4-10(11)7-8-21(15)16/h1-9,13-16H,(H,20,23,24)/t13-,14-,15-,16-/m1/s1. The number of thiophene rings is 1. The summed E-state index contributed by atoms with van der Waals surface area (Å²) in [5.41, 5.74) is 2.02. The van der Waals surface area contributed by atoms with Gasteiger partial charge in [0.05, 0.1) is 22.8 Å². The first-order valence-electron chi connectivity index (χ1n) is 8.14. The lowest BCUT2D eigenvalue weighted by atomic mass is 9.84. The molecule has 3 aliphatic heterocycles. The molecule has 25 heavy (non-hydrogen) atoms. The maximum absolute atomic E-state index is 13.1. The summed E-state index contributed by atoms with van der Waals surface area (Å²) in [6.07, 6.45) is 3.81. The van der Waals surface area contributed by atoms with E-state index in [9.17, 15) is 14.4 Å². The highest BCUT2D eigenvalue weighted by molar-refractivity contribution is 7.12. The Morgan fingerprint density at radius 2 is 1.84 bits per heavy atom. The van der Waals surface area contributed by atoms with Gasteiger partial charge in [-0.05, 0) is 28.6 Å². The number of hydrogen-bond donors (Lipinski definition) is 1. The highest BCUT2D eigenvalue weighted by Crippen LogP contribution is 2.51. The van der Waals surface area contributed by atoms with E-state index >= 15 is 0 Å². The number of Topliss-reactive ketones (excluding diaryl/α,β-unsaturated/α-hetero) is 1. The summed E-state index contributed by atoms with van der Waals surface area (Å²) in [5, 5.41) is 4.28. The molecular weight excluding hydrogens is 336 g/mol. The first-order valence-corrected chi connectivity index (χ1v) is 9.02. The van der Waals surface area contributed by atoms with E-state index in [-0.39, 0.29) is 23.6 Å². The number of amides is 2. The van der Waals surface area contributed by atoms with E-state index in [1.54, 1.807) is 6.07 Å².